The van der Waals surface area contributed by atoms with Gasteiger partial charge in [-0.25, -0.2) is 18.6 Å². The van der Waals surface area contributed by atoms with E-state index in [1.807, 2.05) is 0 Å². The van der Waals surface area contributed by atoms with E-state index in [0.717, 1.165) is 0 Å². The molecule has 1 aromatic heterocycles. The minimum atomic E-state index is -5.04. The van der Waals surface area contributed by atoms with Crippen molar-refractivity contribution in [1.29, 1.82) is 0 Å². The molecule has 3 nitrogen and oxygen atoms in total. The minimum Gasteiger partial charge on any atom is -0.476 e. The lowest BCUT2D eigenvalue weighted by molar-refractivity contribution is -0.138. The maximum absolute atomic E-state index is 12.4. The van der Waals surface area contributed by atoms with Gasteiger partial charge in [-0.1, -0.05) is 11.6 Å². The molecule has 0 saturated carbocycles. The number of halogens is 6. The molecule has 0 fully saturated rings. The van der Waals surface area contributed by atoms with Crippen molar-refractivity contribution < 1.29 is 31.9 Å². The first kappa shape index (κ1) is 13.6. The van der Waals surface area contributed by atoms with E-state index in [2.05, 4.69) is 4.98 Å². The second kappa shape index (κ2) is 4.44. The number of rotatable bonds is 2. The van der Waals surface area contributed by atoms with Crippen LogP contribution in [0.1, 0.15) is 28.2 Å². The van der Waals surface area contributed by atoms with Gasteiger partial charge in [0.15, 0.2) is 5.69 Å². The molecule has 1 rings (SSSR count). The van der Waals surface area contributed by atoms with Crippen LogP contribution in [0.3, 0.4) is 0 Å². The molecule has 0 aliphatic rings. The zero-order chi connectivity index (χ0) is 13.4. The number of alkyl halides is 5. The van der Waals surface area contributed by atoms with Gasteiger partial charge in [0.05, 0.1) is 10.6 Å². The highest BCUT2D eigenvalue weighted by Gasteiger charge is 2.38. The molecule has 17 heavy (non-hydrogen) atoms. The van der Waals surface area contributed by atoms with Crippen LogP contribution >= 0.6 is 11.6 Å². The van der Waals surface area contributed by atoms with Crippen LogP contribution in [0.5, 0.6) is 0 Å². The fourth-order valence-corrected chi connectivity index (χ4v) is 1.27. The molecule has 0 spiro atoms. The molecule has 0 aliphatic heterocycles. The molecule has 0 radical (unpaired) electrons. The van der Waals surface area contributed by atoms with Gasteiger partial charge in [0.2, 0.25) is 0 Å². The number of hydrogen-bond acceptors (Lipinski definition) is 2. The minimum absolute atomic E-state index is 0.125. The summed E-state index contributed by atoms with van der Waals surface area (Å²) in [6.07, 6.45) is -8.30. The highest BCUT2D eigenvalue weighted by Crippen LogP contribution is 2.35. The van der Waals surface area contributed by atoms with E-state index in [4.69, 9.17) is 16.7 Å². The number of carboxylic acids is 1. The first-order chi connectivity index (χ1) is 7.64. The predicted octanol–water partition coefficient (Wildman–Crippen LogP) is 3.39. The number of aromatic nitrogens is 1. The van der Waals surface area contributed by atoms with Gasteiger partial charge >= 0.3 is 12.1 Å². The van der Waals surface area contributed by atoms with Crippen LogP contribution in [-0.4, -0.2) is 16.1 Å². The predicted molar refractivity (Wildman–Crippen MR) is 46.2 cm³/mol. The lowest BCUT2D eigenvalue weighted by Gasteiger charge is -2.12. The molecule has 1 heterocycles. The summed E-state index contributed by atoms with van der Waals surface area (Å²) in [6.45, 7) is 0. The van der Waals surface area contributed by atoms with Crippen LogP contribution in [0.15, 0.2) is 6.07 Å². The summed E-state index contributed by atoms with van der Waals surface area (Å²) >= 11 is 5.17. The Labute approximate surface area is 95.8 Å². The van der Waals surface area contributed by atoms with Crippen molar-refractivity contribution in [3.8, 4) is 0 Å². The molecule has 0 atom stereocenters. The van der Waals surface area contributed by atoms with E-state index in [9.17, 15) is 26.7 Å². The highest BCUT2D eigenvalue weighted by molar-refractivity contribution is 6.31. The van der Waals surface area contributed by atoms with E-state index < -0.39 is 40.5 Å². The maximum atomic E-state index is 12.4. The van der Waals surface area contributed by atoms with Gasteiger partial charge in [-0.15, -0.1) is 0 Å². The average Bonchev–Trinajstić information content (AvgIpc) is 2.14. The summed E-state index contributed by atoms with van der Waals surface area (Å²) < 4.78 is 61.7. The van der Waals surface area contributed by atoms with Crippen LogP contribution in [0.25, 0.3) is 0 Å². The van der Waals surface area contributed by atoms with Gasteiger partial charge in [0.1, 0.15) is 5.69 Å². The molecule has 0 aliphatic carbocycles. The average molecular weight is 276 g/mol. The molecule has 1 N–H and O–H groups in total. The fourth-order valence-electron chi connectivity index (χ4n) is 1.04. The van der Waals surface area contributed by atoms with E-state index in [1.165, 1.54) is 0 Å². The number of pyridine rings is 1. The number of hydrogen-bond donors (Lipinski definition) is 1. The zero-order valence-electron chi connectivity index (χ0n) is 7.73. The van der Waals surface area contributed by atoms with Crippen LogP contribution in [0.4, 0.5) is 22.0 Å². The van der Waals surface area contributed by atoms with Crippen molar-refractivity contribution in [2.75, 3.05) is 0 Å². The Morgan fingerprint density at radius 1 is 1.41 bits per heavy atom. The van der Waals surface area contributed by atoms with Gasteiger partial charge in [0, 0.05) is 0 Å². The quantitative estimate of drug-likeness (QED) is 0.842. The van der Waals surface area contributed by atoms with Gasteiger partial charge in [-0.3, -0.25) is 0 Å². The second-order valence-corrected chi connectivity index (χ2v) is 3.26. The summed E-state index contributed by atoms with van der Waals surface area (Å²) in [5.74, 6) is -2.06. The van der Waals surface area contributed by atoms with Crippen molar-refractivity contribution in [2.45, 2.75) is 12.6 Å². The lowest BCUT2D eigenvalue weighted by Crippen LogP contribution is -2.16. The SMILES string of the molecule is O=C(O)c1nc(C(F)F)c(Cl)cc1C(F)(F)F. The van der Waals surface area contributed by atoms with Gasteiger partial charge < -0.3 is 5.11 Å². The monoisotopic (exact) mass is 275 g/mol. The van der Waals surface area contributed by atoms with Gasteiger partial charge in [-0.05, 0) is 6.07 Å². The highest BCUT2D eigenvalue weighted by atomic mass is 35.5. The Kier molecular flexibility index (Phi) is 3.56. The van der Waals surface area contributed by atoms with Crippen LogP contribution in [0, 0.1) is 0 Å². The summed E-state index contributed by atoms with van der Waals surface area (Å²) in [7, 11) is 0. The van der Waals surface area contributed by atoms with Crippen LogP contribution < -0.4 is 0 Å². The smallest absolute Gasteiger partial charge is 0.418 e. The zero-order valence-corrected chi connectivity index (χ0v) is 8.48. The Morgan fingerprint density at radius 3 is 2.29 bits per heavy atom. The molecule has 0 unspecified atom stereocenters. The lowest BCUT2D eigenvalue weighted by atomic mass is 10.1. The summed E-state index contributed by atoms with van der Waals surface area (Å²) in [5.41, 5.74) is -4.37. The van der Waals surface area contributed by atoms with Crippen molar-refractivity contribution in [2.24, 2.45) is 0 Å². The second-order valence-electron chi connectivity index (χ2n) is 2.86. The van der Waals surface area contributed by atoms with E-state index in [0.29, 0.717) is 0 Å². The molecule has 94 valence electrons. The number of carbonyl (C=O) groups is 1. The summed E-state index contributed by atoms with van der Waals surface area (Å²) in [4.78, 5) is 13.2. The van der Waals surface area contributed by atoms with Crippen LogP contribution in [0.2, 0.25) is 5.02 Å². The van der Waals surface area contributed by atoms with E-state index in [-0.39, 0.29) is 6.07 Å². The fraction of sp³-hybridized carbons (Fsp3) is 0.250. The molecular weight excluding hydrogens is 273 g/mol. The number of carboxylic acid groups (broad SMARTS) is 1. The molecule has 0 aromatic carbocycles. The van der Waals surface area contributed by atoms with Crippen LogP contribution in [-0.2, 0) is 6.18 Å². The first-order valence-electron chi connectivity index (χ1n) is 3.93. The molecule has 1 aromatic rings. The Bertz CT molecular complexity index is 460. The number of nitrogens with zero attached hydrogens (tertiary/aromatic N) is 1. The molecule has 0 bridgehead atoms. The maximum Gasteiger partial charge on any atom is 0.418 e. The van der Waals surface area contributed by atoms with Crippen molar-refractivity contribution in [3.63, 3.8) is 0 Å². The topological polar surface area (TPSA) is 50.2 Å². The van der Waals surface area contributed by atoms with Crippen molar-refractivity contribution in [1.82, 2.24) is 4.98 Å². The third-order valence-corrected chi connectivity index (χ3v) is 2.02. The third-order valence-electron chi connectivity index (χ3n) is 1.72. The standard InChI is InChI=1S/C8H3ClF5NO2/c9-3-1-2(8(12,13)14)4(7(16)17)15-5(3)6(10)11/h1,6H,(H,16,17). The summed E-state index contributed by atoms with van der Waals surface area (Å²) in [6, 6.07) is 0.125. The Balaban J connectivity index is 3.53. The van der Waals surface area contributed by atoms with Crippen molar-refractivity contribution in [3.05, 3.63) is 28.0 Å². The largest absolute Gasteiger partial charge is 0.476 e. The number of aromatic carboxylic acids is 1. The van der Waals surface area contributed by atoms with Gasteiger partial charge in [-0.2, -0.15) is 13.2 Å². The van der Waals surface area contributed by atoms with E-state index >= 15 is 0 Å². The molecular formula is C8H3ClF5NO2. The first-order valence-corrected chi connectivity index (χ1v) is 4.31. The van der Waals surface area contributed by atoms with E-state index in [1.54, 1.807) is 0 Å². The third kappa shape index (κ3) is 2.82. The van der Waals surface area contributed by atoms with Crippen molar-refractivity contribution >= 4 is 17.6 Å². The summed E-state index contributed by atoms with van der Waals surface area (Å²) in [5, 5.41) is 7.54. The normalized spacial score (nSPS) is 11.9. The molecule has 0 amide bonds. The Hall–Kier alpha value is -1.44. The van der Waals surface area contributed by atoms with Gasteiger partial charge in [0.25, 0.3) is 6.43 Å². The molecule has 0 saturated heterocycles. The Morgan fingerprint density at radius 2 is 1.94 bits per heavy atom. The molecule has 9 heteroatoms.